The molecule has 0 radical (unpaired) electrons. The Morgan fingerprint density at radius 2 is 1.54 bits per heavy atom. The fourth-order valence-corrected chi connectivity index (χ4v) is 3.93. The maximum absolute atomic E-state index is 4.19. The first kappa shape index (κ1) is 18.7. The Kier molecular flexibility index (Phi) is 6.11. The molecule has 2 aromatic carbocycles. The molecule has 1 fully saturated rings. The lowest BCUT2D eigenvalue weighted by molar-refractivity contribution is 0.218. The normalized spacial score (nSPS) is 21.4. The third-order valence-corrected chi connectivity index (χ3v) is 5.54. The van der Waals surface area contributed by atoms with Gasteiger partial charge in [-0.25, -0.2) is 0 Å². The molecule has 2 aromatic rings. The third-order valence-electron chi connectivity index (χ3n) is 5.54. The molecule has 26 heavy (non-hydrogen) atoms. The van der Waals surface area contributed by atoms with Gasteiger partial charge in [0.05, 0.1) is 0 Å². The van der Waals surface area contributed by atoms with Crippen molar-refractivity contribution in [2.75, 3.05) is 0 Å². The molecular formula is C25H31N. The zero-order chi connectivity index (χ0) is 18.4. The Balaban J connectivity index is 1.75. The summed E-state index contributed by atoms with van der Waals surface area (Å²) < 4.78 is 0. The Hall–Kier alpha value is -2.12. The number of hydrogen-bond acceptors (Lipinski definition) is 1. The molecular weight excluding hydrogens is 314 g/mol. The first-order valence-corrected chi connectivity index (χ1v) is 9.72. The van der Waals surface area contributed by atoms with Gasteiger partial charge in [-0.05, 0) is 44.2 Å². The molecule has 1 heteroatoms. The highest BCUT2D eigenvalue weighted by Crippen LogP contribution is 2.54. The lowest BCUT2D eigenvalue weighted by Crippen LogP contribution is -2.29. The van der Waals surface area contributed by atoms with E-state index >= 15 is 0 Å². The van der Waals surface area contributed by atoms with Gasteiger partial charge in [-0.3, -0.25) is 4.90 Å². The molecule has 136 valence electrons. The van der Waals surface area contributed by atoms with Gasteiger partial charge < -0.3 is 0 Å². The summed E-state index contributed by atoms with van der Waals surface area (Å²) in [7, 11) is 0. The molecule has 0 aromatic heterocycles. The summed E-state index contributed by atoms with van der Waals surface area (Å²) in [5, 5.41) is 0. The van der Waals surface area contributed by atoms with Gasteiger partial charge in [0.25, 0.3) is 0 Å². The van der Waals surface area contributed by atoms with Crippen LogP contribution in [0.1, 0.15) is 44.2 Å². The fraction of sp³-hybridized carbons (Fsp3) is 0.360. The summed E-state index contributed by atoms with van der Waals surface area (Å²) >= 11 is 0. The third kappa shape index (κ3) is 4.74. The van der Waals surface area contributed by atoms with E-state index in [1.54, 1.807) is 0 Å². The van der Waals surface area contributed by atoms with Crippen molar-refractivity contribution in [2.24, 2.45) is 5.41 Å². The van der Waals surface area contributed by atoms with Crippen LogP contribution in [-0.4, -0.2) is 10.9 Å². The van der Waals surface area contributed by atoms with Crippen LogP contribution >= 0.6 is 0 Å². The molecule has 0 unspecified atom stereocenters. The standard InChI is InChI=1S/C25H31N/c1-4-25(17-11-12-21(2)3)18-24(25)26(19-22-13-7-5-8-14-22)20-23-15-9-6-10-16-23/h4-10,12-16,24H,1,11,17-20H2,2-3H3/t24-,25+/m0/s1. The van der Waals surface area contributed by atoms with Gasteiger partial charge in [0.15, 0.2) is 0 Å². The van der Waals surface area contributed by atoms with Gasteiger partial charge in [-0.2, -0.15) is 0 Å². The van der Waals surface area contributed by atoms with Gasteiger partial charge >= 0.3 is 0 Å². The highest BCUT2D eigenvalue weighted by molar-refractivity contribution is 5.23. The maximum atomic E-state index is 4.19. The second kappa shape index (κ2) is 8.51. The van der Waals surface area contributed by atoms with Crippen LogP contribution in [0.2, 0.25) is 0 Å². The van der Waals surface area contributed by atoms with Crippen molar-refractivity contribution in [3.05, 3.63) is 96.1 Å². The molecule has 3 rings (SSSR count). The summed E-state index contributed by atoms with van der Waals surface area (Å²) in [4.78, 5) is 2.65. The van der Waals surface area contributed by atoms with Crippen LogP contribution in [0.25, 0.3) is 0 Å². The van der Waals surface area contributed by atoms with E-state index in [1.807, 2.05) is 0 Å². The average molecular weight is 346 g/mol. The SMILES string of the molecule is C=C[C@@]1(CCC=C(C)C)C[C@@H]1N(Cc1ccccc1)Cc1ccccc1. The monoisotopic (exact) mass is 345 g/mol. The maximum Gasteiger partial charge on any atom is 0.0240 e. The van der Waals surface area contributed by atoms with E-state index < -0.39 is 0 Å². The van der Waals surface area contributed by atoms with Gasteiger partial charge in [-0.1, -0.05) is 78.4 Å². The van der Waals surface area contributed by atoms with E-state index in [4.69, 9.17) is 0 Å². The minimum Gasteiger partial charge on any atom is -0.291 e. The molecule has 0 saturated heterocycles. The van der Waals surface area contributed by atoms with E-state index in [-0.39, 0.29) is 5.41 Å². The largest absolute Gasteiger partial charge is 0.291 e. The minimum absolute atomic E-state index is 0.273. The molecule has 0 spiro atoms. The molecule has 0 heterocycles. The van der Waals surface area contributed by atoms with Crippen LogP contribution in [0.4, 0.5) is 0 Å². The highest BCUT2D eigenvalue weighted by Gasteiger charge is 2.53. The molecule has 1 aliphatic rings. The fourth-order valence-electron chi connectivity index (χ4n) is 3.93. The molecule has 1 aliphatic carbocycles. The zero-order valence-electron chi connectivity index (χ0n) is 16.2. The lowest BCUT2D eigenvalue weighted by atomic mass is 9.98. The van der Waals surface area contributed by atoms with Crippen molar-refractivity contribution in [1.29, 1.82) is 0 Å². The predicted octanol–water partition coefficient (Wildman–Crippen LogP) is 6.38. The van der Waals surface area contributed by atoms with E-state index in [9.17, 15) is 0 Å². The second-order valence-electron chi connectivity index (χ2n) is 7.85. The van der Waals surface area contributed by atoms with E-state index in [1.165, 1.54) is 29.5 Å². The van der Waals surface area contributed by atoms with Crippen molar-refractivity contribution >= 4 is 0 Å². The van der Waals surface area contributed by atoms with Crippen LogP contribution in [0.5, 0.6) is 0 Å². The van der Waals surface area contributed by atoms with Gasteiger partial charge in [0, 0.05) is 24.5 Å². The molecule has 2 atom stereocenters. The molecule has 1 saturated carbocycles. The lowest BCUT2D eigenvalue weighted by Gasteiger charge is -2.26. The van der Waals surface area contributed by atoms with Crippen LogP contribution in [-0.2, 0) is 13.1 Å². The average Bonchev–Trinajstić information content (AvgIpc) is 3.37. The molecule has 0 N–H and O–H groups in total. The second-order valence-corrected chi connectivity index (χ2v) is 7.85. The summed E-state index contributed by atoms with van der Waals surface area (Å²) in [5.74, 6) is 0. The Labute approximate surface area is 159 Å². The van der Waals surface area contributed by atoms with Crippen LogP contribution in [0, 0.1) is 5.41 Å². The van der Waals surface area contributed by atoms with Crippen molar-refractivity contribution in [3.8, 4) is 0 Å². The molecule has 0 bridgehead atoms. The first-order valence-electron chi connectivity index (χ1n) is 9.72. The Morgan fingerprint density at radius 1 is 1.00 bits per heavy atom. The molecule has 0 amide bonds. The van der Waals surface area contributed by atoms with Gasteiger partial charge in [0.1, 0.15) is 0 Å². The number of benzene rings is 2. The van der Waals surface area contributed by atoms with E-state index in [0.29, 0.717) is 6.04 Å². The minimum atomic E-state index is 0.273. The Morgan fingerprint density at radius 3 is 2.00 bits per heavy atom. The van der Waals surface area contributed by atoms with Gasteiger partial charge in [-0.15, -0.1) is 6.58 Å². The quantitative estimate of drug-likeness (QED) is 0.477. The van der Waals surface area contributed by atoms with Crippen LogP contribution in [0.15, 0.2) is 85.0 Å². The summed E-state index contributed by atoms with van der Waals surface area (Å²) in [6, 6.07) is 22.3. The number of allylic oxidation sites excluding steroid dienone is 2. The molecule has 0 aliphatic heterocycles. The highest BCUT2D eigenvalue weighted by atomic mass is 15.2. The first-order chi connectivity index (χ1) is 12.6. The summed E-state index contributed by atoms with van der Waals surface area (Å²) in [6.45, 7) is 10.6. The van der Waals surface area contributed by atoms with E-state index in [2.05, 4.69) is 98.1 Å². The summed E-state index contributed by atoms with van der Waals surface area (Å²) in [5.41, 5.74) is 4.46. The van der Waals surface area contributed by atoms with Crippen molar-refractivity contribution < 1.29 is 0 Å². The predicted molar refractivity (Wildman–Crippen MR) is 112 cm³/mol. The zero-order valence-corrected chi connectivity index (χ0v) is 16.2. The van der Waals surface area contributed by atoms with E-state index in [0.717, 1.165) is 19.5 Å². The smallest absolute Gasteiger partial charge is 0.0240 e. The number of rotatable bonds is 9. The van der Waals surface area contributed by atoms with Crippen molar-refractivity contribution in [1.82, 2.24) is 4.90 Å². The summed E-state index contributed by atoms with van der Waals surface area (Å²) in [6.07, 6.45) is 8.16. The topological polar surface area (TPSA) is 3.24 Å². The van der Waals surface area contributed by atoms with Crippen molar-refractivity contribution in [2.45, 2.75) is 52.2 Å². The molecule has 1 nitrogen and oxygen atoms in total. The van der Waals surface area contributed by atoms with Crippen molar-refractivity contribution in [3.63, 3.8) is 0 Å². The van der Waals surface area contributed by atoms with Crippen LogP contribution in [0.3, 0.4) is 0 Å². The van der Waals surface area contributed by atoms with Gasteiger partial charge in [0.2, 0.25) is 0 Å². The number of nitrogens with zero attached hydrogens (tertiary/aromatic N) is 1. The van der Waals surface area contributed by atoms with Crippen LogP contribution < -0.4 is 0 Å². The Bertz CT molecular complexity index is 686. The number of hydrogen-bond donors (Lipinski definition) is 0.